The summed E-state index contributed by atoms with van der Waals surface area (Å²) in [6, 6.07) is 4.24. The van der Waals surface area contributed by atoms with E-state index < -0.39 is 10.0 Å². The smallest absolute Gasteiger partial charge is 0.303 e. The number of benzene rings is 1. The molecular formula is C14H15N3O5S. The molecule has 0 fully saturated rings. The molecule has 0 aromatic heterocycles. The topological polar surface area (TPSA) is 101 Å². The zero-order valence-corrected chi connectivity index (χ0v) is 13.3. The monoisotopic (exact) mass is 337 g/mol. The molecule has 2 rings (SSSR count). The van der Waals surface area contributed by atoms with E-state index in [4.69, 9.17) is 9.47 Å². The van der Waals surface area contributed by atoms with Gasteiger partial charge in [-0.1, -0.05) is 10.6 Å². The maximum absolute atomic E-state index is 12.2. The molecule has 0 amide bonds. The first-order chi connectivity index (χ1) is 11.0. The molecule has 9 heteroatoms. The van der Waals surface area contributed by atoms with Gasteiger partial charge in [0.2, 0.25) is 0 Å². The fourth-order valence-corrected chi connectivity index (χ4v) is 2.62. The van der Waals surface area contributed by atoms with Crippen LogP contribution in [0.25, 0.3) is 0 Å². The molecule has 0 saturated carbocycles. The number of rotatable bonds is 5. The molecular weight excluding hydrogens is 322 g/mol. The Kier molecular flexibility index (Phi) is 5.14. The quantitative estimate of drug-likeness (QED) is 0.828. The van der Waals surface area contributed by atoms with Crippen molar-refractivity contribution in [2.75, 3.05) is 14.2 Å². The Morgan fingerprint density at radius 3 is 2.65 bits per heavy atom. The second-order valence-corrected chi connectivity index (χ2v) is 5.84. The summed E-state index contributed by atoms with van der Waals surface area (Å²) in [6.45, 7) is 0. The van der Waals surface area contributed by atoms with Gasteiger partial charge in [-0.25, -0.2) is 5.06 Å². The van der Waals surface area contributed by atoms with Gasteiger partial charge in [-0.05, 0) is 24.3 Å². The van der Waals surface area contributed by atoms with Gasteiger partial charge in [0.05, 0.1) is 26.1 Å². The summed E-state index contributed by atoms with van der Waals surface area (Å²) in [5.74, 6) is 0.551. The molecule has 0 atom stereocenters. The first-order valence-corrected chi connectivity index (χ1v) is 7.84. The Hall–Kier alpha value is -2.65. The summed E-state index contributed by atoms with van der Waals surface area (Å²) >= 11 is 0. The Morgan fingerprint density at radius 1 is 1.22 bits per heavy atom. The van der Waals surface area contributed by atoms with Crippen LogP contribution < -0.4 is 9.47 Å². The number of hydrogen-bond donors (Lipinski definition) is 1. The highest BCUT2D eigenvalue weighted by Gasteiger charge is 2.19. The summed E-state index contributed by atoms with van der Waals surface area (Å²) in [7, 11) is -1.25. The normalized spacial score (nSPS) is 16.3. The first-order valence-electron chi connectivity index (χ1n) is 6.40. The van der Waals surface area contributed by atoms with Crippen LogP contribution in [0.2, 0.25) is 0 Å². The summed E-state index contributed by atoms with van der Waals surface area (Å²) in [5, 5.41) is 13.8. The van der Waals surface area contributed by atoms with E-state index in [1.165, 1.54) is 38.6 Å². The van der Waals surface area contributed by atoms with E-state index in [1.54, 1.807) is 18.2 Å². The Balaban J connectivity index is 2.29. The molecule has 1 aromatic carbocycles. The van der Waals surface area contributed by atoms with Crippen molar-refractivity contribution in [3.8, 4) is 11.5 Å². The van der Waals surface area contributed by atoms with Crippen molar-refractivity contribution in [2.24, 2.45) is 9.63 Å². The van der Waals surface area contributed by atoms with Gasteiger partial charge < -0.3 is 9.47 Å². The third kappa shape index (κ3) is 3.96. The van der Waals surface area contributed by atoms with Gasteiger partial charge in [0, 0.05) is 12.3 Å². The van der Waals surface area contributed by atoms with Crippen molar-refractivity contribution in [1.82, 2.24) is 5.06 Å². The fourth-order valence-electron chi connectivity index (χ4n) is 1.73. The van der Waals surface area contributed by atoms with Gasteiger partial charge in [-0.2, -0.15) is 8.42 Å². The summed E-state index contributed by atoms with van der Waals surface area (Å²) in [5.41, 5.74) is 0.271. The zero-order chi connectivity index (χ0) is 16.9. The highest BCUT2D eigenvalue weighted by Crippen LogP contribution is 2.29. The third-order valence-corrected chi connectivity index (χ3v) is 4.07. The third-order valence-electron chi connectivity index (χ3n) is 2.86. The average molecular weight is 337 g/mol. The van der Waals surface area contributed by atoms with Crippen LogP contribution in [0.3, 0.4) is 0 Å². The Morgan fingerprint density at radius 2 is 2.00 bits per heavy atom. The molecule has 122 valence electrons. The molecule has 0 bridgehead atoms. The molecule has 1 aliphatic rings. The maximum atomic E-state index is 12.2. The largest absolute Gasteiger partial charge is 0.497 e. The van der Waals surface area contributed by atoms with Gasteiger partial charge in [0.15, 0.2) is 0 Å². The first kappa shape index (κ1) is 16.7. The number of methoxy groups -OCH3 is 2. The second-order valence-electron chi connectivity index (χ2n) is 4.29. The molecule has 0 aliphatic carbocycles. The van der Waals surface area contributed by atoms with Gasteiger partial charge >= 0.3 is 10.0 Å². The van der Waals surface area contributed by atoms with E-state index >= 15 is 0 Å². The zero-order valence-electron chi connectivity index (χ0n) is 12.4. The van der Waals surface area contributed by atoms with E-state index in [0.717, 1.165) is 11.3 Å². The van der Waals surface area contributed by atoms with Crippen LogP contribution in [0.4, 0.5) is 0 Å². The van der Waals surface area contributed by atoms with E-state index in [-0.39, 0.29) is 16.3 Å². The Labute approximate surface area is 133 Å². The van der Waals surface area contributed by atoms with Crippen molar-refractivity contribution >= 4 is 10.0 Å². The molecule has 8 nitrogen and oxygen atoms in total. The SMILES string of the molecule is COc1ccc(S(=O)(=O)N=NC=C2C=CC=CN2O)c(OC)c1. The average Bonchev–Trinajstić information content (AvgIpc) is 2.55. The lowest BCUT2D eigenvalue weighted by Crippen LogP contribution is -2.10. The number of hydroxylamine groups is 2. The number of ether oxygens (including phenoxy) is 2. The Bertz CT molecular complexity index is 797. The molecule has 1 heterocycles. The molecule has 1 aliphatic heterocycles. The summed E-state index contributed by atoms with van der Waals surface area (Å²) in [6.07, 6.45) is 7.30. The number of nitrogens with zero attached hydrogens (tertiary/aromatic N) is 3. The summed E-state index contributed by atoms with van der Waals surface area (Å²) < 4.78 is 37.8. The van der Waals surface area contributed by atoms with Gasteiger partial charge in [0.1, 0.15) is 16.4 Å². The number of allylic oxidation sites excluding steroid dienone is 3. The van der Waals surface area contributed by atoms with E-state index in [9.17, 15) is 13.6 Å². The van der Waals surface area contributed by atoms with Crippen molar-refractivity contribution in [3.05, 3.63) is 54.5 Å². The van der Waals surface area contributed by atoms with Gasteiger partial charge in [-0.3, -0.25) is 5.21 Å². The van der Waals surface area contributed by atoms with Gasteiger partial charge in [-0.15, -0.1) is 5.11 Å². The molecule has 0 saturated heterocycles. The highest BCUT2D eigenvalue weighted by molar-refractivity contribution is 7.90. The summed E-state index contributed by atoms with van der Waals surface area (Å²) in [4.78, 5) is -0.136. The standard InChI is InChI=1S/C14H15N3O5S/c1-21-12-6-7-14(13(9-12)22-2)23(19,20)16-15-10-11-5-3-4-8-17(11)18/h3-10,18H,1-2H3. The van der Waals surface area contributed by atoms with Crippen molar-refractivity contribution in [3.63, 3.8) is 0 Å². The second kappa shape index (κ2) is 7.07. The number of hydrogen-bond acceptors (Lipinski definition) is 7. The van der Waals surface area contributed by atoms with Crippen LogP contribution in [0.5, 0.6) is 11.5 Å². The van der Waals surface area contributed by atoms with Crippen LogP contribution in [0.15, 0.2) is 69.1 Å². The number of sulfonamides is 1. The highest BCUT2D eigenvalue weighted by atomic mass is 32.2. The lowest BCUT2D eigenvalue weighted by atomic mass is 10.3. The lowest BCUT2D eigenvalue weighted by molar-refractivity contribution is -0.000512. The molecule has 1 N–H and O–H groups in total. The molecule has 23 heavy (non-hydrogen) atoms. The predicted molar refractivity (Wildman–Crippen MR) is 81.6 cm³/mol. The van der Waals surface area contributed by atoms with Crippen molar-refractivity contribution in [1.29, 1.82) is 0 Å². The molecule has 0 spiro atoms. The van der Waals surface area contributed by atoms with E-state index in [2.05, 4.69) is 9.63 Å². The van der Waals surface area contributed by atoms with E-state index in [0.29, 0.717) is 5.75 Å². The lowest BCUT2D eigenvalue weighted by Gasteiger charge is -2.13. The van der Waals surface area contributed by atoms with Crippen LogP contribution >= 0.6 is 0 Å². The van der Waals surface area contributed by atoms with Crippen molar-refractivity contribution in [2.45, 2.75) is 4.90 Å². The molecule has 0 unspecified atom stereocenters. The van der Waals surface area contributed by atoms with Crippen LogP contribution in [0, 0.1) is 0 Å². The molecule has 0 radical (unpaired) electrons. The van der Waals surface area contributed by atoms with Crippen LogP contribution in [-0.4, -0.2) is 32.9 Å². The van der Waals surface area contributed by atoms with Crippen molar-refractivity contribution < 1.29 is 23.1 Å². The van der Waals surface area contributed by atoms with Crippen LogP contribution in [-0.2, 0) is 10.0 Å². The van der Waals surface area contributed by atoms with E-state index in [1.807, 2.05) is 0 Å². The minimum Gasteiger partial charge on any atom is -0.497 e. The minimum atomic E-state index is -4.06. The minimum absolute atomic E-state index is 0.0974. The predicted octanol–water partition coefficient (Wildman–Crippen LogP) is 2.46. The van der Waals surface area contributed by atoms with Gasteiger partial charge in [0.25, 0.3) is 0 Å². The van der Waals surface area contributed by atoms with Crippen LogP contribution in [0.1, 0.15) is 0 Å². The fraction of sp³-hybridized carbons (Fsp3) is 0.143. The molecule has 1 aromatic rings. The maximum Gasteiger partial charge on any atom is 0.303 e.